The van der Waals surface area contributed by atoms with Gasteiger partial charge in [0.25, 0.3) is 0 Å². The van der Waals surface area contributed by atoms with Crippen molar-refractivity contribution in [1.29, 1.82) is 0 Å². The Morgan fingerprint density at radius 1 is 1.47 bits per heavy atom. The highest BCUT2D eigenvalue weighted by atomic mass is 35.5. The number of aromatic nitrogens is 1. The van der Waals surface area contributed by atoms with Gasteiger partial charge in [0.05, 0.1) is 6.42 Å². The molecule has 1 amide bonds. The lowest BCUT2D eigenvalue weighted by Crippen LogP contribution is -2.45. The average molecular weight is 284 g/mol. The zero-order valence-electron chi connectivity index (χ0n) is 11.1. The zero-order valence-corrected chi connectivity index (χ0v) is 11.9. The third-order valence-electron chi connectivity index (χ3n) is 3.53. The van der Waals surface area contributed by atoms with Crippen LogP contribution in [0, 0.1) is 0 Å². The summed E-state index contributed by atoms with van der Waals surface area (Å²) < 4.78 is 0. The fourth-order valence-corrected chi connectivity index (χ4v) is 2.60. The second-order valence-corrected chi connectivity index (χ2v) is 4.85. The maximum absolute atomic E-state index is 12.3. The predicted octanol–water partition coefficient (Wildman–Crippen LogP) is 1.78. The maximum Gasteiger partial charge on any atom is 0.227 e. The Balaban J connectivity index is 0.00000180. The van der Waals surface area contributed by atoms with E-state index >= 15 is 0 Å². The molecule has 0 spiro atoms. The molecule has 19 heavy (non-hydrogen) atoms. The average Bonchev–Trinajstić information content (AvgIpc) is 2.41. The van der Waals surface area contributed by atoms with Crippen molar-refractivity contribution in [2.24, 2.45) is 5.73 Å². The summed E-state index contributed by atoms with van der Waals surface area (Å²) in [7, 11) is 0. The number of rotatable bonds is 4. The van der Waals surface area contributed by atoms with Gasteiger partial charge in [0, 0.05) is 25.0 Å². The molecular formula is C14H22ClN3O. The van der Waals surface area contributed by atoms with E-state index < -0.39 is 0 Å². The smallest absolute Gasteiger partial charge is 0.227 e. The fourth-order valence-electron chi connectivity index (χ4n) is 2.60. The quantitative estimate of drug-likeness (QED) is 0.916. The Bertz CT molecular complexity index is 384. The maximum atomic E-state index is 12.3. The van der Waals surface area contributed by atoms with Gasteiger partial charge in [0.1, 0.15) is 0 Å². The molecule has 1 aromatic rings. The Morgan fingerprint density at radius 3 is 3.00 bits per heavy atom. The van der Waals surface area contributed by atoms with E-state index in [9.17, 15) is 4.79 Å². The summed E-state index contributed by atoms with van der Waals surface area (Å²) in [5.74, 6) is 0.209. The Hall–Kier alpha value is -1.13. The third-order valence-corrected chi connectivity index (χ3v) is 3.53. The molecule has 5 heteroatoms. The molecule has 1 aliphatic heterocycles. The van der Waals surface area contributed by atoms with E-state index in [-0.39, 0.29) is 18.3 Å². The van der Waals surface area contributed by atoms with Gasteiger partial charge in [-0.1, -0.05) is 6.07 Å². The molecule has 2 rings (SSSR count). The summed E-state index contributed by atoms with van der Waals surface area (Å²) in [6.45, 7) is 1.53. The molecule has 0 saturated carbocycles. The summed E-state index contributed by atoms with van der Waals surface area (Å²) in [5.41, 5.74) is 6.61. The Labute approximate surface area is 120 Å². The lowest BCUT2D eigenvalue weighted by atomic mass is 9.98. The molecule has 1 fully saturated rings. The molecule has 2 N–H and O–H groups in total. The largest absolute Gasteiger partial charge is 0.339 e. The van der Waals surface area contributed by atoms with Gasteiger partial charge in [0.15, 0.2) is 0 Å². The molecule has 0 radical (unpaired) electrons. The van der Waals surface area contributed by atoms with Gasteiger partial charge in [-0.25, -0.2) is 0 Å². The number of halogens is 1. The van der Waals surface area contributed by atoms with Crippen LogP contribution in [-0.2, 0) is 11.2 Å². The first-order valence-electron chi connectivity index (χ1n) is 6.69. The lowest BCUT2D eigenvalue weighted by molar-refractivity contribution is -0.134. The van der Waals surface area contributed by atoms with E-state index in [2.05, 4.69) is 4.98 Å². The van der Waals surface area contributed by atoms with Crippen LogP contribution in [0.3, 0.4) is 0 Å². The first-order chi connectivity index (χ1) is 8.81. The highest BCUT2D eigenvalue weighted by Crippen LogP contribution is 2.20. The van der Waals surface area contributed by atoms with E-state index in [1.54, 1.807) is 12.4 Å². The van der Waals surface area contributed by atoms with Crippen LogP contribution in [0.2, 0.25) is 0 Å². The standard InChI is InChI=1S/C14H21N3O.ClH/c15-7-6-13-5-1-2-9-17(13)14(18)10-12-4-3-8-16-11-12;/h3-4,8,11,13H,1-2,5-7,9-10,15H2;1H. The van der Waals surface area contributed by atoms with Crippen LogP contribution in [0.5, 0.6) is 0 Å². The van der Waals surface area contributed by atoms with Gasteiger partial charge < -0.3 is 10.6 Å². The van der Waals surface area contributed by atoms with Crippen LogP contribution in [0.4, 0.5) is 0 Å². The second kappa shape index (κ2) is 8.12. The van der Waals surface area contributed by atoms with Gasteiger partial charge in [0.2, 0.25) is 5.91 Å². The lowest BCUT2D eigenvalue weighted by Gasteiger charge is -2.35. The summed E-state index contributed by atoms with van der Waals surface area (Å²) >= 11 is 0. The minimum absolute atomic E-state index is 0. The number of pyridine rings is 1. The number of nitrogens with zero attached hydrogens (tertiary/aromatic N) is 2. The van der Waals surface area contributed by atoms with Crippen molar-refractivity contribution in [1.82, 2.24) is 9.88 Å². The topological polar surface area (TPSA) is 59.2 Å². The van der Waals surface area contributed by atoms with Gasteiger partial charge in [-0.3, -0.25) is 9.78 Å². The number of amides is 1. The van der Waals surface area contributed by atoms with E-state index in [4.69, 9.17) is 5.73 Å². The number of hydrogen-bond donors (Lipinski definition) is 1. The van der Waals surface area contributed by atoms with E-state index in [1.165, 1.54) is 6.42 Å². The highest BCUT2D eigenvalue weighted by molar-refractivity contribution is 5.85. The fraction of sp³-hybridized carbons (Fsp3) is 0.571. The molecule has 1 saturated heterocycles. The summed E-state index contributed by atoms with van der Waals surface area (Å²) in [6.07, 6.45) is 8.27. The van der Waals surface area contributed by atoms with Crippen molar-refractivity contribution >= 4 is 18.3 Å². The molecule has 1 atom stereocenters. The third kappa shape index (κ3) is 4.48. The van der Waals surface area contributed by atoms with Crippen LogP contribution >= 0.6 is 12.4 Å². The van der Waals surface area contributed by atoms with Crippen molar-refractivity contribution in [3.8, 4) is 0 Å². The Morgan fingerprint density at radius 2 is 2.32 bits per heavy atom. The number of carbonyl (C=O) groups is 1. The van der Waals surface area contributed by atoms with E-state index in [1.807, 2.05) is 17.0 Å². The van der Waals surface area contributed by atoms with Crippen molar-refractivity contribution in [2.45, 2.75) is 38.1 Å². The number of carbonyl (C=O) groups excluding carboxylic acids is 1. The number of piperidine rings is 1. The van der Waals surface area contributed by atoms with Crippen LogP contribution < -0.4 is 5.73 Å². The van der Waals surface area contributed by atoms with Crippen molar-refractivity contribution in [3.05, 3.63) is 30.1 Å². The SMILES string of the molecule is Cl.NCCC1CCCCN1C(=O)Cc1cccnc1. The predicted molar refractivity (Wildman–Crippen MR) is 78.2 cm³/mol. The van der Waals surface area contributed by atoms with Gasteiger partial charge >= 0.3 is 0 Å². The Kier molecular flexibility index (Phi) is 6.81. The molecule has 1 unspecified atom stereocenters. The van der Waals surface area contributed by atoms with Crippen LogP contribution in [-0.4, -0.2) is 34.9 Å². The van der Waals surface area contributed by atoms with Gasteiger partial charge in [-0.05, 0) is 43.9 Å². The zero-order chi connectivity index (χ0) is 12.8. The van der Waals surface area contributed by atoms with Crippen molar-refractivity contribution < 1.29 is 4.79 Å². The van der Waals surface area contributed by atoms with E-state index in [0.29, 0.717) is 19.0 Å². The molecule has 2 heterocycles. The molecule has 0 bridgehead atoms. The molecule has 1 aromatic heterocycles. The molecule has 106 valence electrons. The number of nitrogens with two attached hydrogens (primary N) is 1. The molecular weight excluding hydrogens is 262 g/mol. The van der Waals surface area contributed by atoms with Gasteiger partial charge in [-0.2, -0.15) is 0 Å². The number of likely N-dealkylation sites (tertiary alicyclic amines) is 1. The first kappa shape index (κ1) is 15.9. The van der Waals surface area contributed by atoms with Gasteiger partial charge in [-0.15, -0.1) is 12.4 Å². The minimum Gasteiger partial charge on any atom is -0.339 e. The van der Waals surface area contributed by atoms with Crippen LogP contribution in [0.25, 0.3) is 0 Å². The molecule has 4 nitrogen and oxygen atoms in total. The van der Waals surface area contributed by atoms with E-state index in [0.717, 1.165) is 31.4 Å². The summed E-state index contributed by atoms with van der Waals surface area (Å²) in [4.78, 5) is 18.4. The second-order valence-electron chi connectivity index (χ2n) is 4.85. The summed E-state index contributed by atoms with van der Waals surface area (Å²) in [5, 5.41) is 0. The van der Waals surface area contributed by atoms with Crippen LogP contribution in [0.1, 0.15) is 31.2 Å². The van der Waals surface area contributed by atoms with Crippen molar-refractivity contribution in [3.63, 3.8) is 0 Å². The number of hydrogen-bond acceptors (Lipinski definition) is 3. The van der Waals surface area contributed by atoms with Crippen molar-refractivity contribution in [2.75, 3.05) is 13.1 Å². The van der Waals surface area contributed by atoms with Crippen LogP contribution in [0.15, 0.2) is 24.5 Å². The monoisotopic (exact) mass is 283 g/mol. The molecule has 0 aliphatic carbocycles. The molecule has 1 aliphatic rings. The minimum atomic E-state index is 0. The normalized spacial score (nSPS) is 18.8. The summed E-state index contributed by atoms with van der Waals surface area (Å²) in [6, 6.07) is 4.16. The molecule has 0 aromatic carbocycles. The first-order valence-corrected chi connectivity index (χ1v) is 6.69. The highest BCUT2D eigenvalue weighted by Gasteiger charge is 2.25.